The van der Waals surface area contributed by atoms with Crippen LogP contribution in [0, 0.1) is 5.92 Å². The van der Waals surface area contributed by atoms with Gasteiger partial charge in [0.2, 0.25) is 0 Å². The second-order valence-electron chi connectivity index (χ2n) is 6.68. The molecular weight excluding hydrogens is 394 g/mol. The van der Waals surface area contributed by atoms with Crippen LogP contribution >= 0.6 is 28.1 Å². The normalized spacial score (nSPS) is 17.2. The molecule has 1 aliphatic heterocycles. The number of nitrogens with zero attached hydrogens (tertiary/aromatic N) is 1. The molecule has 5 heteroatoms. The fourth-order valence-electron chi connectivity index (χ4n) is 3.17. The van der Waals surface area contributed by atoms with Gasteiger partial charge in [0.25, 0.3) is 0 Å². The summed E-state index contributed by atoms with van der Waals surface area (Å²) in [6.07, 6.45) is 2.64. The Morgan fingerprint density at radius 3 is 2.76 bits per heavy atom. The second kappa shape index (κ2) is 8.68. The van der Waals surface area contributed by atoms with Crippen LogP contribution in [-0.2, 0) is 6.54 Å². The van der Waals surface area contributed by atoms with Crippen molar-refractivity contribution in [1.82, 2.24) is 5.32 Å². The first-order valence-corrected chi connectivity index (χ1v) is 9.94. The first-order chi connectivity index (χ1) is 12.1. The molecule has 0 radical (unpaired) electrons. The molecule has 0 aromatic heterocycles. The number of nitrogens with one attached hydrogen (secondary N) is 2. The molecule has 2 N–H and O–H groups in total. The van der Waals surface area contributed by atoms with Gasteiger partial charge >= 0.3 is 0 Å². The van der Waals surface area contributed by atoms with E-state index in [9.17, 15) is 0 Å². The molecule has 1 fully saturated rings. The summed E-state index contributed by atoms with van der Waals surface area (Å²) in [5, 5.41) is 7.10. The van der Waals surface area contributed by atoms with Crippen LogP contribution in [0.3, 0.4) is 0 Å². The van der Waals surface area contributed by atoms with Crippen LogP contribution in [0.2, 0.25) is 0 Å². The molecule has 2 aromatic rings. The zero-order valence-corrected chi connectivity index (χ0v) is 16.9. The topological polar surface area (TPSA) is 27.3 Å². The van der Waals surface area contributed by atoms with Gasteiger partial charge in [0.1, 0.15) is 0 Å². The Hall–Kier alpha value is -1.59. The number of piperidine rings is 1. The summed E-state index contributed by atoms with van der Waals surface area (Å²) in [6, 6.07) is 16.8. The molecule has 0 aliphatic carbocycles. The van der Waals surface area contributed by atoms with Crippen LogP contribution < -0.4 is 15.5 Å². The van der Waals surface area contributed by atoms with Crippen LogP contribution in [-0.4, -0.2) is 18.2 Å². The first-order valence-electron chi connectivity index (χ1n) is 8.74. The Morgan fingerprint density at radius 1 is 1.24 bits per heavy atom. The number of rotatable bonds is 4. The van der Waals surface area contributed by atoms with Crippen molar-refractivity contribution in [1.29, 1.82) is 0 Å². The smallest absolute Gasteiger partial charge is 0.171 e. The Kier molecular flexibility index (Phi) is 6.32. The quantitative estimate of drug-likeness (QED) is 0.670. The summed E-state index contributed by atoms with van der Waals surface area (Å²) in [7, 11) is 0. The monoisotopic (exact) mass is 417 g/mol. The van der Waals surface area contributed by atoms with Gasteiger partial charge in [-0.25, -0.2) is 0 Å². The molecule has 0 amide bonds. The zero-order chi connectivity index (χ0) is 17.6. The number of hydrogen-bond donors (Lipinski definition) is 2. The minimum Gasteiger partial charge on any atom is -0.371 e. The molecule has 1 atom stereocenters. The van der Waals surface area contributed by atoms with Gasteiger partial charge < -0.3 is 15.5 Å². The van der Waals surface area contributed by atoms with Crippen molar-refractivity contribution in [2.45, 2.75) is 26.3 Å². The molecular formula is C20H24BrN3S. The SMILES string of the molecule is C[C@@H]1CCCN(c2ccc(CNC(=S)Nc3cccc(Br)c3)cc2)C1. The standard InChI is InChI=1S/C20H24BrN3S/c1-15-4-3-11-24(14-15)19-9-7-16(8-10-19)13-22-20(25)23-18-6-2-5-17(21)12-18/h2,5-10,12,15H,3-4,11,13-14H2,1H3,(H2,22,23,25)/t15-/m1/s1. The molecule has 0 spiro atoms. The molecule has 1 aliphatic rings. The van der Waals surface area contributed by atoms with Crippen molar-refractivity contribution in [3.63, 3.8) is 0 Å². The van der Waals surface area contributed by atoms with Crippen LogP contribution in [0.15, 0.2) is 53.0 Å². The molecule has 3 nitrogen and oxygen atoms in total. The number of thiocarbonyl (C=S) groups is 1. The fraction of sp³-hybridized carbons (Fsp3) is 0.350. The average Bonchev–Trinajstić information content (AvgIpc) is 2.60. The van der Waals surface area contributed by atoms with Gasteiger partial charge in [-0.15, -0.1) is 0 Å². The van der Waals surface area contributed by atoms with Crippen molar-refractivity contribution >= 4 is 44.6 Å². The Labute approximate surface area is 163 Å². The lowest BCUT2D eigenvalue weighted by Crippen LogP contribution is -2.34. The van der Waals surface area contributed by atoms with Crippen LogP contribution in [0.1, 0.15) is 25.3 Å². The van der Waals surface area contributed by atoms with E-state index in [4.69, 9.17) is 12.2 Å². The number of benzene rings is 2. The van der Waals surface area contributed by atoms with Gasteiger partial charge in [-0.2, -0.15) is 0 Å². The summed E-state index contributed by atoms with van der Waals surface area (Å²) < 4.78 is 1.03. The van der Waals surface area contributed by atoms with E-state index < -0.39 is 0 Å². The van der Waals surface area contributed by atoms with E-state index >= 15 is 0 Å². The predicted molar refractivity (Wildman–Crippen MR) is 114 cm³/mol. The highest BCUT2D eigenvalue weighted by Crippen LogP contribution is 2.23. The minimum absolute atomic E-state index is 0.632. The van der Waals surface area contributed by atoms with Crippen molar-refractivity contribution in [3.05, 3.63) is 58.6 Å². The van der Waals surface area contributed by atoms with Crippen molar-refractivity contribution in [2.24, 2.45) is 5.92 Å². The maximum atomic E-state index is 5.37. The predicted octanol–water partition coefficient (Wildman–Crippen LogP) is 5.17. The molecule has 1 saturated heterocycles. The molecule has 25 heavy (non-hydrogen) atoms. The van der Waals surface area contributed by atoms with E-state index in [0.29, 0.717) is 5.11 Å². The molecule has 2 aromatic carbocycles. The third-order valence-electron chi connectivity index (χ3n) is 4.49. The minimum atomic E-state index is 0.632. The van der Waals surface area contributed by atoms with Gasteiger partial charge in [-0.3, -0.25) is 0 Å². The summed E-state index contributed by atoms with van der Waals surface area (Å²) in [5.74, 6) is 0.788. The maximum absolute atomic E-state index is 5.37. The lowest BCUT2D eigenvalue weighted by Gasteiger charge is -2.32. The number of halogens is 1. The van der Waals surface area contributed by atoms with E-state index in [2.05, 4.69) is 62.7 Å². The van der Waals surface area contributed by atoms with Gasteiger partial charge in [0.05, 0.1) is 0 Å². The van der Waals surface area contributed by atoms with E-state index in [-0.39, 0.29) is 0 Å². The third-order valence-corrected chi connectivity index (χ3v) is 5.23. The summed E-state index contributed by atoms with van der Waals surface area (Å²) >= 11 is 8.84. The van der Waals surface area contributed by atoms with E-state index in [1.54, 1.807) is 0 Å². The first kappa shape index (κ1) is 18.2. The maximum Gasteiger partial charge on any atom is 0.171 e. The number of anilines is 2. The van der Waals surface area contributed by atoms with Crippen LogP contribution in [0.4, 0.5) is 11.4 Å². The van der Waals surface area contributed by atoms with Gasteiger partial charge in [-0.05, 0) is 66.9 Å². The fourth-order valence-corrected chi connectivity index (χ4v) is 3.76. The van der Waals surface area contributed by atoms with Gasteiger partial charge in [0, 0.05) is 35.5 Å². The largest absolute Gasteiger partial charge is 0.371 e. The van der Waals surface area contributed by atoms with Crippen LogP contribution in [0.25, 0.3) is 0 Å². The average molecular weight is 418 g/mol. The molecule has 0 saturated carbocycles. The van der Waals surface area contributed by atoms with Crippen molar-refractivity contribution < 1.29 is 0 Å². The Bertz CT molecular complexity index is 717. The van der Waals surface area contributed by atoms with Crippen LogP contribution in [0.5, 0.6) is 0 Å². The summed E-state index contributed by atoms with van der Waals surface area (Å²) in [6.45, 7) is 5.39. The highest BCUT2D eigenvalue weighted by Gasteiger charge is 2.16. The van der Waals surface area contributed by atoms with Crippen molar-refractivity contribution in [3.8, 4) is 0 Å². The van der Waals surface area contributed by atoms with Crippen molar-refractivity contribution in [2.75, 3.05) is 23.3 Å². The van der Waals surface area contributed by atoms with E-state index in [0.717, 1.165) is 29.2 Å². The lowest BCUT2D eigenvalue weighted by molar-refractivity contribution is 0.447. The third kappa shape index (κ3) is 5.44. The highest BCUT2D eigenvalue weighted by molar-refractivity contribution is 9.10. The molecule has 1 heterocycles. The number of hydrogen-bond acceptors (Lipinski definition) is 2. The summed E-state index contributed by atoms with van der Waals surface area (Å²) in [5.41, 5.74) is 3.53. The summed E-state index contributed by atoms with van der Waals surface area (Å²) in [4.78, 5) is 2.49. The second-order valence-corrected chi connectivity index (χ2v) is 8.00. The highest BCUT2D eigenvalue weighted by atomic mass is 79.9. The lowest BCUT2D eigenvalue weighted by atomic mass is 9.99. The zero-order valence-electron chi connectivity index (χ0n) is 14.5. The molecule has 0 bridgehead atoms. The van der Waals surface area contributed by atoms with Gasteiger partial charge in [-0.1, -0.05) is 41.1 Å². The molecule has 0 unspecified atom stereocenters. The van der Waals surface area contributed by atoms with E-state index in [1.165, 1.54) is 30.6 Å². The molecule has 132 valence electrons. The van der Waals surface area contributed by atoms with Gasteiger partial charge in [0.15, 0.2) is 5.11 Å². The Balaban J connectivity index is 1.50. The Morgan fingerprint density at radius 2 is 2.04 bits per heavy atom. The molecule has 3 rings (SSSR count). The van der Waals surface area contributed by atoms with E-state index in [1.807, 2.05) is 24.3 Å².